The standard InChI is InChI=1S/C17H20N2O6/c1-4-12-16(18-9-25-12)17(22)19-11(8-15(20)21)10-5-6-13(23-2)14(7-10)24-3/h5-7,9,11H,4,8H2,1-3H3,(H,19,22)(H,20,21). The number of rotatable bonds is 8. The molecular weight excluding hydrogens is 328 g/mol. The van der Waals surface area contributed by atoms with Crippen LogP contribution in [0.5, 0.6) is 11.5 Å². The van der Waals surface area contributed by atoms with Crippen LogP contribution in [0.4, 0.5) is 0 Å². The average molecular weight is 348 g/mol. The lowest BCUT2D eigenvalue weighted by atomic mass is 10.0. The van der Waals surface area contributed by atoms with E-state index in [0.29, 0.717) is 29.2 Å². The molecular formula is C17H20N2O6. The van der Waals surface area contributed by atoms with Gasteiger partial charge in [-0.25, -0.2) is 4.98 Å². The maximum atomic E-state index is 12.4. The Morgan fingerprint density at radius 2 is 2.00 bits per heavy atom. The molecule has 0 radical (unpaired) electrons. The molecule has 0 aliphatic heterocycles. The van der Waals surface area contributed by atoms with Gasteiger partial charge < -0.3 is 24.3 Å². The number of carbonyl (C=O) groups is 2. The van der Waals surface area contributed by atoms with Crippen LogP contribution >= 0.6 is 0 Å². The number of nitrogens with one attached hydrogen (secondary N) is 1. The third-order valence-corrected chi connectivity index (χ3v) is 3.67. The van der Waals surface area contributed by atoms with Crippen LogP contribution in [0.25, 0.3) is 0 Å². The van der Waals surface area contributed by atoms with E-state index in [9.17, 15) is 14.7 Å². The quantitative estimate of drug-likeness (QED) is 0.752. The number of nitrogens with zero attached hydrogens (tertiary/aromatic N) is 1. The lowest BCUT2D eigenvalue weighted by molar-refractivity contribution is -0.137. The zero-order valence-corrected chi connectivity index (χ0v) is 14.2. The highest BCUT2D eigenvalue weighted by Gasteiger charge is 2.23. The maximum absolute atomic E-state index is 12.4. The van der Waals surface area contributed by atoms with Gasteiger partial charge >= 0.3 is 5.97 Å². The van der Waals surface area contributed by atoms with Crippen molar-refractivity contribution in [2.75, 3.05) is 14.2 Å². The minimum Gasteiger partial charge on any atom is -0.493 e. The van der Waals surface area contributed by atoms with Crippen molar-refractivity contribution >= 4 is 11.9 Å². The van der Waals surface area contributed by atoms with Crippen molar-refractivity contribution in [3.63, 3.8) is 0 Å². The van der Waals surface area contributed by atoms with Gasteiger partial charge in [-0.3, -0.25) is 9.59 Å². The van der Waals surface area contributed by atoms with Crippen molar-refractivity contribution < 1.29 is 28.6 Å². The van der Waals surface area contributed by atoms with Gasteiger partial charge in [-0.15, -0.1) is 0 Å². The Morgan fingerprint density at radius 3 is 2.60 bits per heavy atom. The predicted molar refractivity (Wildman–Crippen MR) is 87.9 cm³/mol. The largest absolute Gasteiger partial charge is 0.493 e. The number of hydrogen-bond donors (Lipinski definition) is 2. The van der Waals surface area contributed by atoms with Crippen LogP contribution in [0.3, 0.4) is 0 Å². The molecule has 25 heavy (non-hydrogen) atoms. The van der Waals surface area contributed by atoms with Gasteiger partial charge in [0, 0.05) is 6.42 Å². The first kappa shape index (κ1) is 18.3. The van der Waals surface area contributed by atoms with Crippen molar-refractivity contribution in [3.05, 3.63) is 41.6 Å². The number of aliphatic carboxylic acids is 1. The number of hydrogen-bond acceptors (Lipinski definition) is 6. The molecule has 0 fully saturated rings. The molecule has 0 spiro atoms. The molecule has 2 N–H and O–H groups in total. The van der Waals surface area contributed by atoms with E-state index in [2.05, 4.69) is 10.3 Å². The molecule has 2 rings (SSSR count). The minimum absolute atomic E-state index is 0.151. The predicted octanol–water partition coefficient (Wildman–Crippen LogP) is 2.20. The van der Waals surface area contributed by atoms with Crippen LogP contribution in [0.1, 0.15) is 41.2 Å². The highest BCUT2D eigenvalue weighted by Crippen LogP contribution is 2.31. The molecule has 8 heteroatoms. The second kappa shape index (κ2) is 8.18. The Bertz CT molecular complexity index is 755. The van der Waals surface area contributed by atoms with Crippen LogP contribution in [0, 0.1) is 0 Å². The molecule has 1 unspecified atom stereocenters. The highest BCUT2D eigenvalue weighted by molar-refractivity contribution is 5.93. The fourth-order valence-electron chi connectivity index (χ4n) is 2.43. The molecule has 134 valence electrons. The smallest absolute Gasteiger partial charge is 0.305 e. The molecule has 1 amide bonds. The number of oxazole rings is 1. The summed E-state index contributed by atoms with van der Waals surface area (Å²) in [7, 11) is 2.99. The summed E-state index contributed by atoms with van der Waals surface area (Å²) in [5.41, 5.74) is 0.730. The summed E-state index contributed by atoms with van der Waals surface area (Å²) < 4.78 is 15.5. The number of aromatic nitrogens is 1. The molecule has 0 aliphatic carbocycles. The summed E-state index contributed by atoms with van der Waals surface area (Å²) in [5.74, 6) is -0.141. The van der Waals surface area contributed by atoms with Gasteiger partial charge in [0.15, 0.2) is 23.6 Å². The van der Waals surface area contributed by atoms with Crippen LogP contribution in [0.15, 0.2) is 29.0 Å². The number of amides is 1. The Hall–Kier alpha value is -3.03. The molecule has 0 aliphatic rings. The molecule has 0 saturated carbocycles. The summed E-state index contributed by atoms with van der Waals surface area (Å²) in [4.78, 5) is 27.6. The van der Waals surface area contributed by atoms with Gasteiger partial charge in [-0.2, -0.15) is 0 Å². The zero-order valence-electron chi connectivity index (χ0n) is 14.2. The maximum Gasteiger partial charge on any atom is 0.305 e. The number of carboxylic acids is 1. The second-order valence-electron chi connectivity index (χ2n) is 5.22. The molecule has 0 saturated heterocycles. The van der Waals surface area contributed by atoms with Gasteiger partial charge in [-0.05, 0) is 17.7 Å². The van der Waals surface area contributed by atoms with E-state index in [1.54, 1.807) is 18.2 Å². The summed E-state index contributed by atoms with van der Waals surface area (Å²) in [6.45, 7) is 1.83. The van der Waals surface area contributed by atoms with E-state index in [-0.39, 0.29) is 12.1 Å². The van der Waals surface area contributed by atoms with E-state index in [4.69, 9.17) is 13.9 Å². The van der Waals surface area contributed by atoms with Crippen LogP contribution in [0.2, 0.25) is 0 Å². The lowest BCUT2D eigenvalue weighted by Gasteiger charge is -2.18. The number of aryl methyl sites for hydroxylation is 1. The van der Waals surface area contributed by atoms with Gasteiger partial charge in [0.25, 0.3) is 5.91 Å². The van der Waals surface area contributed by atoms with Gasteiger partial charge in [0.2, 0.25) is 0 Å². The van der Waals surface area contributed by atoms with E-state index in [1.165, 1.54) is 20.6 Å². The summed E-state index contributed by atoms with van der Waals surface area (Å²) >= 11 is 0. The van der Waals surface area contributed by atoms with Gasteiger partial charge in [-0.1, -0.05) is 13.0 Å². The van der Waals surface area contributed by atoms with Crippen molar-refractivity contribution in [2.24, 2.45) is 0 Å². The number of carboxylic acid groups (broad SMARTS) is 1. The number of ether oxygens (including phenoxy) is 2. The zero-order chi connectivity index (χ0) is 18.4. The van der Waals surface area contributed by atoms with E-state index in [1.807, 2.05) is 6.92 Å². The summed E-state index contributed by atoms with van der Waals surface area (Å²) in [5, 5.41) is 11.9. The Labute approximate surface area is 144 Å². The first-order chi connectivity index (χ1) is 12.0. The van der Waals surface area contributed by atoms with E-state index in [0.717, 1.165) is 0 Å². The normalized spacial score (nSPS) is 11.6. The van der Waals surface area contributed by atoms with Crippen LogP contribution < -0.4 is 14.8 Å². The third-order valence-electron chi connectivity index (χ3n) is 3.67. The third kappa shape index (κ3) is 4.28. The first-order valence-corrected chi connectivity index (χ1v) is 7.67. The van der Waals surface area contributed by atoms with E-state index >= 15 is 0 Å². The Morgan fingerprint density at radius 1 is 1.28 bits per heavy atom. The van der Waals surface area contributed by atoms with Crippen LogP contribution in [-0.4, -0.2) is 36.2 Å². The topological polar surface area (TPSA) is 111 Å². The lowest BCUT2D eigenvalue weighted by Crippen LogP contribution is -2.31. The SMILES string of the molecule is CCc1ocnc1C(=O)NC(CC(=O)O)c1ccc(OC)c(OC)c1. The second-order valence-corrected chi connectivity index (χ2v) is 5.22. The molecule has 1 aromatic carbocycles. The van der Waals surface area contributed by atoms with Gasteiger partial charge in [0.1, 0.15) is 5.76 Å². The molecule has 1 atom stereocenters. The van der Waals surface area contributed by atoms with Crippen molar-refractivity contribution in [3.8, 4) is 11.5 Å². The molecule has 8 nitrogen and oxygen atoms in total. The fourth-order valence-corrected chi connectivity index (χ4v) is 2.43. The summed E-state index contributed by atoms with van der Waals surface area (Å²) in [6.07, 6.45) is 1.40. The van der Waals surface area contributed by atoms with Gasteiger partial charge in [0.05, 0.1) is 26.7 Å². The van der Waals surface area contributed by atoms with Crippen molar-refractivity contribution in [2.45, 2.75) is 25.8 Å². The average Bonchev–Trinajstić information content (AvgIpc) is 3.09. The van der Waals surface area contributed by atoms with E-state index < -0.39 is 17.9 Å². The molecule has 1 aromatic heterocycles. The first-order valence-electron chi connectivity index (χ1n) is 7.67. The van der Waals surface area contributed by atoms with Crippen molar-refractivity contribution in [1.29, 1.82) is 0 Å². The fraction of sp³-hybridized carbons (Fsp3) is 0.353. The summed E-state index contributed by atoms with van der Waals surface area (Å²) in [6, 6.07) is 4.21. The number of methoxy groups -OCH3 is 2. The monoisotopic (exact) mass is 348 g/mol. The van der Waals surface area contributed by atoms with Crippen molar-refractivity contribution in [1.82, 2.24) is 10.3 Å². The number of carbonyl (C=O) groups excluding carboxylic acids is 1. The minimum atomic E-state index is -1.05. The Kier molecular flexibility index (Phi) is 5.99. The van der Waals surface area contributed by atoms with Crippen LogP contribution in [-0.2, 0) is 11.2 Å². The molecule has 2 aromatic rings. The molecule has 0 bridgehead atoms. The Balaban J connectivity index is 2.30. The highest BCUT2D eigenvalue weighted by atomic mass is 16.5. The number of benzene rings is 1. The molecule has 1 heterocycles.